The number of para-hydroxylation sites is 1. The Labute approximate surface area is 123 Å². The number of carbonyl (C=O) groups is 1. The van der Waals surface area contributed by atoms with Crippen LogP contribution < -0.4 is 4.74 Å². The van der Waals surface area contributed by atoms with E-state index in [1.807, 2.05) is 30.3 Å². The summed E-state index contributed by atoms with van der Waals surface area (Å²) in [5, 5.41) is 9.28. The highest BCUT2D eigenvalue weighted by molar-refractivity contribution is 5.75. The molecule has 0 amide bonds. The van der Waals surface area contributed by atoms with E-state index in [4.69, 9.17) is 4.74 Å². The molecule has 0 bridgehead atoms. The predicted octanol–water partition coefficient (Wildman–Crippen LogP) is 3.85. The van der Waals surface area contributed by atoms with Gasteiger partial charge in [-0.15, -0.1) is 0 Å². The summed E-state index contributed by atoms with van der Waals surface area (Å²) in [6.07, 6.45) is 1.07. The first-order valence-electron chi connectivity index (χ1n) is 6.83. The quantitative estimate of drug-likeness (QED) is 0.787. The van der Waals surface area contributed by atoms with Crippen LogP contribution in [0.5, 0.6) is 5.75 Å². The van der Waals surface area contributed by atoms with Crippen molar-refractivity contribution in [2.75, 3.05) is 6.61 Å². The number of rotatable bonds is 7. The molecule has 0 saturated carbocycles. The van der Waals surface area contributed by atoms with E-state index >= 15 is 0 Å². The molecule has 1 atom stereocenters. The molecule has 0 aliphatic heterocycles. The number of carboxylic acids is 1. The van der Waals surface area contributed by atoms with Crippen molar-refractivity contribution in [2.45, 2.75) is 18.8 Å². The zero-order valence-corrected chi connectivity index (χ0v) is 11.5. The van der Waals surface area contributed by atoms with Gasteiger partial charge in [-0.3, -0.25) is 4.79 Å². The second kappa shape index (κ2) is 7.43. The number of aliphatic carboxylic acids is 1. The fraction of sp³-hybridized carbons (Fsp3) is 0.235. The Morgan fingerprint density at radius 1 is 1.10 bits per heavy atom. The second-order valence-corrected chi connectivity index (χ2v) is 4.75. The first kappa shape index (κ1) is 15.0. The van der Waals surface area contributed by atoms with Gasteiger partial charge in [0, 0.05) is 0 Å². The van der Waals surface area contributed by atoms with Gasteiger partial charge in [-0.25, -0.2) is 4.39 Å². The monoisotopic (exact) mass is 288 g/mol. The van der Waals surface area contributed by atoms with Crippen molar-refractivity contribution in [3.63, 3.8) is 0 Å². The molecule has 2 aromatic rings. The van der Waals surface area contributed by atoms with Crippen LogP contribution in [0.15, 0.2) is 54.6 Å². The van der Waals surface area contributed by atoms with Crippen LogP contribution in [0.2, 0.25) is 0 Å². The molecule has 1 N–H and O–H groups in total. The van der Waals surface area contributed by atoms with Crippen LogP contribution in [0.1, 0.15) is 24.3 Å². The van der Waals surface area contributed by atoms with Crippen LogP contribution in [0.4, 0.5) is 4.39 Å². The molecule has 0 fully saturated rings. The first-order valence-corrected chi connectivity index (χ1v) is 6.83. The van der Waals surface area contributed by atoms with E-state index in [1.54, 1.807) is 0 Å². The van der Waals surface area contributed by atoms with Gasteiger partial charge < -0.3 is 9.84 Å². The third-order valence-electron chi connectivity index (χ3n) is 3.22. The van der Waals surface area contributed by atoms with E-state index < -0.39 is 11.9 Å². The highest BCUT2D eigenvalue weighted by Crippen LogP contribution is 2.22. The molecule has 1 unspecified atom stereocenters. The van der Waals surface area contributed by atoms with Crippen LogP contribution in [0, 0.1) is 5.82 Å². The number of carboxylic acid groups (broad SMARTS) is 1. The fourth-order valence-electron chi connectivity index (χ4n) is 2.12. The Morgan fingerprint density at radius 2 is 1.76 bits per heavy atom. The topological polar surface area (TPSA) is 46.5 Å². The molecule has 110 valence electrons. The van der Waals surface area contributed by atoms with Gasteiger partial charge in [-0.05, 0) is 42.7 Å². The van der Waals surface area contributed by atoms with Crippen molar-refractivity contribution in [1.82, 2.24) is 0 Å². The van der Waals surface area contributed by atoms with E-state index in [1.165, 1.54) is 24.3 Å². The van der Waals surface area contributed by atoms with Crippen molar-refractivity contribution >= 4 is 5.97 Å². The van der Waals surface area contributed by atoms with Crippen LogP contribution in [-0.2, 0) is 4.79 Å². The van der Waals surface area contributed by atoms with Crippen molar-refractivity contribution < 1.29 is 19.0 Å². The van der Waals surface area contributed by atoms with E-state index in [0.29, 0.717) is 25.0 Å². The van der Waals surface area contributed by atoms with Crippen LogP contribution >= 0.6 is 0 Å². The lowest BCUT2D eigenvalue weighted by Gasteiger charge is -2.13. The highest BCUT2D eigenvalue weighted by Gasteiger charge is 2.19. The minimum atomic E-state index is -0.902. The molecule has 0 spiro atoms. The molecular weight excluding hydrogens is 271 g/mol. The van der Waals surface area contributed by atoms with Gasteiger partial charge in [0.2, 0.25) is 0 Å². The largest absolute Gasteiger partial charge is 0.494 e. The second-order valence-electron chi connectivity index (χ2n) is 4.75. The van der Waals surface area contributed by atoms with Crippen molar-refractivity contribution in [3.05, 3.63) is 66.0 Å². The Hall–Kier alpha value is -2.36. The third kappa shape index (κ3) is 4.60. The number of hydrogen-bond donors (Lipinski definition) is 1. The van der Waals surface area contributed by atoms with Crippen LogP contribution in [0.3, 0.4) is 0 Å². The molecule has 4 heteroatoms. The van der Waals surface area contributed by atoms with Gasteiger partial charge in [-0.2, -0.15) is 0 Å². The summed E-state index contributed by atoms with van der Waals surface area (Å²) < 4.78 is 18.4. The van der Waals surface area contributed by atoms with E-state index in [-0.39, 0.29) is 5.82 Å². The maximum absolute atomic E-state index is 12.9. The molecule has 0 radical (unpaired) electrons. The van der Waals surface area contributed by atoms with Gasteiger partial charge in [-0.1, -0.05) is 30.3 Å². The lowest BCUT2D eigenvalue weighted by atomic mass is 9.94. The molecular formula is C17H17FO3. The molecule has 0 aromatic heterocycles. The molecule has 21 heavy (non-hydrogen) atoms. The maximum Gasteiger partial charge on any atom is 0.310 e. The Balaban J connectivity index is 1.86. The summed E-state index contributed by atoms with van der Waals surface area (Å²) in [5.41, 5.74) is 0.614. The summed E-state index contributed by atoms with van der Waals surface area (Å²) in [5.74, 6) is -1.13. The Bertz CT molecular complexity index is 566. The SMILES string of the molecule is O=C(O)C(CCCOc1ccccc1)c1ccc(F)cc1. The fourth-order valence-corrected chi connectivity index (χ4v) is 2.12. The van der Waals surface area contributed by atoms with Crippen LogP contribution in [0.25, 0.3) is 0 Å². The van der Waals surface area contributed by atoms with Crippen molar-refractivity contribution in [3.8, 4) is 5.75 Å². The molecule has 3 nitrogen and oxygen atoms in total. The minimum absolute atomic E-state index is 0.365. The lowest BCUT2D eigenvalue weighted by molar-refractivity contribution is -0.139. The molecule has 0 aliphatic rings. The van der Waals surface area contributed by atoms with Crippen LogP contribution in [-0.4, -0.2) is 17.7 Å². The Morgan fingerprint density at radius 3 is 2.38 bits per heavy atom. The minimum Gasteiger partial charge on any atom is -0.494 e. The number of hydrogen-bond acceptors (Lipinski definition) is 2. The Kier molecular flexibility index (Phi) is 5.32. The lowest BCUT2D eigenvalue weighted by Crippen LogP contribution is -2.13. The molecule has 2 aromatic carbocycles. The zero-order valence-electron chi connectivity index (χ0n) is 11.5. The average molecular weight is 288 g/mol. The normalized spacial score (nSPS) is 11.9. The summed E-state index contributed by atoms with van der Waals surface area (Å²) in [4.78, 5) is 11.3. The highest BCUT2D eigenvalue weighted by atomic mass is 19.1. The van der Waals surface area contributed by atoms with E-state index in [0.717, 1.165) is 5.75 Å². The number of benzene rings is 2. The third-order valence-corrected chi connectivity index (χ3v) is 3.22. The first-order chi connectivity index (χ1) is 10.2. The van der Waals surface area contributed by atoms with Crippen molar-refractivity contribution in [2.24, 2.45) is 0 Å². The van der Waals surface area contributed by atoms with Gasteiger partial charge in [0.1, 0.15) is 11.6 Å². The molecule has 0 aliphatic carbocycles. The maximum atomic E-state index is 12.9. The molecule has 0 saturated heterocycles. The van der Waals surface area contributed by atoms with Gasteiger partial charge in [0.15, 0.2) is 0 Å². The van der Waals surface area contributed by atoms with Gasteiger partial charge in [0.05, 0.1) is 12.5 Å². The van der Waals surface area contributed by atoms with Crippen molar-refractivity contribution in [1.29, 1.82) is 0 Å². The standard InChI is InChI=1S/C17H17FO3/c18-14-10-8-13(9-11-14)16(17(19)20)7-4-12-21-15-5-2-1-3-6-15/h1-3,5-6,8-11,16H,4,7,12H2,(H,19,20). The predicted molar refractivity (Wildman–Crippen MR) is 77.9 cm³/mol. The molecule has 2 rings (SSSR count). The average Bonchev–Trinajstić information content (AvgIpc) is 2.49. The number of ether oxygens (including phenoxy) is 1. The zero-order chi connectivity index (χ0) is 15.1. The number of halogens is 1. The summed E-state index contributed by atoms with van der Waals surface area (Å²) >= 11 is 0. The summed E-state index contributed by atoms with van der Waals surface area (Å²) in [6.45, 7) is 0.453. The summed E-state index contributed by atoms with van der Waals surface area (Å²) in [6, 6.07) is 15.0. The van der Waals surface area contributed by atoms with E-state index in [2.05, 4.69) is 0 Å². The smallest absolute Gasteiger partial charge is 0.310 e. The van der Waals surface area contributed by atoms with Gasteiger partial charge in [0.25, 0.3) is 0 Å². The van der Waals surface area contributed by atoms with E-state index in [9.17, 15) is 14.3 Å². The van der Waals surface area contributed by atoms with Gasteiger partial charge >= 0.3 is 5.97 Å². The summed E-state index contributed by atoms with van der Waals surface area (Å²) in [7, 11) is 0. The molecule has 0 heterocycles.